The maximum absolute atomic E-state index is 10.7. The van der Waals surface area contributed by atoms with Crippen molar-refractivity contribution in [2.75, 3.05) is 13.1 Å². The molecule has 1 aliphatic carbocycles. The molecule has 1 saturated heterocycles. The van der Waals surface area contributed by atoms with E-state index in [2.05, 4.69) is 61.8 Å². The molecule has 1 aromatic heterocycles. The molecule has 2 heterocycles. The molecule has 5 nitrogen and oxygen atoms in total. The Morgan fingerprint density at radius 3 is 2.34 bits per heavy atom. The lowest BCUT2D eigenvalue weighted by atomic mass is 9.78. The second-order valence-electron chi connectivity index (χ2n) is 10.1. The first-order valence-electron chi connectivity index (χ1n) is 10.9. The van der Waals surface area contributed by atoms with Crippen LogP contribution in [0.15, 0.2) is 24.3 Å². The number of aromatic amines is 1. The number of likely N-dealkylation sites (tertiary alicyclic amines) is 1. The molecule has 158 valence electrons. The van der Waals surface area contributed by atoms with E-state index in [-0.39, 0.29) is 11.5 Å². The third-order valence-electron chi connectivity index (χ3n) is 6.83. The van der Waals surface area contributed by atoms with Gasteiger partial charge in [-0.3, -0.25) is 10.00 Å². The second-order valence-corrected chi connectivity index (χ2v) is 10.1. The fraction of sp³-hybridized carbons (Fsp3) is 0.625. The van der Waals surface area contributed by atoms with Crippen molar-refractivity contribution in [2.24, 2.45) is 11.8 Å². The number of hydrogen-bond donors (Lipinski definition) is 2. The Morgan fingerprint density at radius 2 is 1.76 bits per heavy atom. The van der Waals surface area contributed by atoms with E-state index in [1.54, 1.807) is 0 Å². The molecule has 0 radical (unpaired) electrons. The Labute approximate surface area is 174 Å². The number of aryl methyl sites for hydroxylation is 2. The van der Waals surface area contributed by atoms with Crippen LogP contribution in [0.3, 0.4) is 0 Å². The molecule has 0 spiro atoms. The highest BCUT2D eigenvalue weighted by Gasteiger charge is 2.42. The highest BCUT2D eigenvalue weighted by Crippen LogP contribution is 2.39. The Hall–Kier alpha value is -1.85. The zero-order valence-electron chi connectivity index (χ0n) is 18.4. The highest BCUT2D eigenvalue weighted by molar-refractivity contribution is 5.31. The summed E-state index contributed by atoms with van der Waals surface area (Å²) in [6.45, 7) is 13.9. The number of nitrogens with one attached hydrogen (secondary N) is 1. The number of rotatable bonds is 4. The van der Waals surface area contributed by atoms with Crippen molar-refractivity contribution in [3.05, 3.63) is 46.8 Å². The van der Waals surface area contributed by atoms with Crippen LogP contribution in [0.4, 0.5) is 0 Å². The van der Waals surface area contributed by atoms with E-state index in [0.717, 1.165) is 49.6 Å². The standard InChI is InChI=1S/C24H35N3O2/c1-15-21(16(2)26-25-15)14-27-12-17-10-22(28)23(11-18(17)13-27)29-20-8-6-19(7-9-20)24(3,4)5/h6-9,17-18,22-23,28H,10-14H2,1-5H3,(H,25,26)/t17-,18+,22+,23+/m0/s1. The molecule has 2 fully saturated rings. The third kappa shape index (κ3) is 4.36. The summed E-state index contributed by atoms with van der Waals surface area (Å²) in [5.41, 5.74) is 5.01. The number of fused-ring (bicyclic) bond motifs is 1. The van der Waals surface area contributed by atoms with Gasteiger partial charge in [0.25, 0.3) is 0 Å². The predicted molar refractivity (Wildman–Crippen MR) is 115 cm³/mol. The van der Waals surface area contributed by atoms with Gasteiger partial charge < -0.3 is 9.84 Å². The molecular weight excluding hydrogens is 362 g/mol. The van der Waals surface area contributed by atoms with Crippen molar-refractivity contribution >= 4 is 0 Å². The Balaban J connectivity index is 1.38. The van der Waals surface area contributed by atoms with Gasteiger partial charge in [-0.2, -0.15) is 5.10 Å². The number of ether oxygens (including phenoxy) is 1. The smallest absolute Gasteiger partial charge is 0.125 e. The van der Waals surface area contributed by atoms with Crippen molar-refractivity contribution in [1.82, 2.24) is 15.1 Å². The Kier molecular flexibility index (Phi) is 5.47. The molecule has 0 unspecified atom stereocenters. The van der Waals surface area contributed by atoms with E-state index in [0.29, 0.717) is 11.8 Å². The number of H-pyrrole nitrogens is 1. The van der Waals surface area contributed by atoms with Crippen LogP contribution in [0.25, 0.3) is 0 Å². The lowest BCUT2D eigenvalue weighted by Crippen LogP contribution is -2.42. The number of nitrogens with zero attached hydrogens (tertiary/aromatic N) is 2. The number of aliphatic hydroxyl groups excluding tert-OH is 1. The van der Waals surface area contributed by atoms with Crippen molar-refractivity contribution in [1.29, 1.82) is 0 Å². The van der Waals surface area contributed by atoms with Crippen molar-refractivity contribution in [2.45, 2.75) is 71.6 Å². The van der Waals surface area contributed by atoms with Gasteiger partial charge in [-0.05, 0) is 61.6 Å². The Morgan fingerprint density at radius 1 is 1.10 bits per heavy atom. The van der Waals surface area contributed by atoms with Crippen LogP contribution < -0.4 is 4.74 Å². The lowest BCUT2D eigenvalue weighted by Gasteiger charge is -2.35. The summed E-state index contributed by atoms with van der Waals surface area (Å²) in [6.07, 6.45) is 1.24. The molecule has 4 rings (SSSR count). The van der Waals surface area contributed by atoms with E-state index in [1.165, 1.54) is 11.1 Å². The predicted octanol–water partition coefficient (Wildman–Crippen LogP) is 3.97. The first kappa shape index (κ1) is 20.4. The number of aromatic nitrogens is 2. The zero-order valence-corrected chi connectivity index (χ0v) is 18.4. The maximum atomic E-state index is 10.7. The van der Waals surface area contributed by atoms with Crippen molar-refractivity contribution < 1.29 is 9.84 Å². The van der Waals surface area contributed by atoms with Gasteiger partial charge >= 0.3 is 0 Å². The largest absolute Gasteiger partial charge is 0.488 e. The molecular formula is C24H35N3O2. The van der Waals surface area contributed by atoms with Gasteiger partial charge in [0.1, 0.15) is 11.9 Å². The van der Waals surface area contributed by atoms with Crippen LogP contribution in [0.5, 0.6) is 5.75 Å². The molecule has 2 aromatic rings. The third-order valence-corrected chi connectivity index (χ3v) is 6.83. The van der Waals surface area contributed by atoms with Gasteiger partial charge in [-0.15, -0.1) is 0 Å². The van der Waals surface area contributed by atoms with E-state index < -0.39 is 6.10 Å². The van der Waals surface area contributed by atoms with E-state index in [1.807, 2.05) is 12.1 Å². The topological polar surface area (TPSA) is 61.4 Å². The van der Waals surface area contributed by atoms with Crippen molar-refractivity contribution in [3.63, 3.8) is 0 Å². The van der Waals surface area contributed by atoms with Crippen LogP contribution >= 0.6 is 0 Å². The molecule has 2 N–H and O–H groups in total. The van der Waals surface area contributed by atoms with Crippen LogP contribution in [0, 0.1) is 25.7 Å². The summed E-state index contributed by atoms with van der Waals surface area (Å²) in [7, 11) is 0. The van der Waals surface area contributed by atoms with Gasteiger partial charge in [0.05, 0.1) is 11.8 Å². The summed E-state index contributed by atoms with van der Waals surface area (Å²) >= 11 is 0. The SMILES string of the molecule is Cc1n[nH]c(C)c1CN1C[C@H]2C[C@@H](Oc3ccc(C(C)(C)C)cc3)[C@H](O)C[C@H]2C1. The summed E-state index contributed by atoms with van der Waals surface area (Å²) in [5.74, 6) is 2.00. The monoisotopic (exact) mass is 397 g/mol. The second kappa shape index (κ2) is 7.77. The van der Waals surface area contributed by atoms with Gasteiger partial charge in [0, 0.05) is 30.9 Å². The fourth-order valence-electron chi connectivity index (χ4n) is 4.98. The average Bonchev–Trinajstić information content (AvgIpc) is 3.19. The summed E-state index contributed by atoms with van der Waals surface area (Å²) in [4.78, 5) is 2.52. The zero-order chi connectivity index (χ0) is 20.8. The van der Waals surface area contributed by atoms with Crippen LogP contribution in [-0.2, 0) is 12.0 Å². The average molecular weight is 398 g/mol. The van der Waals surface area contributed by atoms with E-state index in [9.17, 15) is 5.11 Å². The van der Waals surface area contributed by atoms with E-state index >= 15 is 0 Å². The van der Waals surface area contributed by atoms with Gasteiger partial charge in [-0.25, -0.2) is 0 Å². The molecule has 5 heteroatoms. The first-order chi connectivity index (χ1) is 13.7. The number of hydrogen-bond acceptors (Lipinski definition) is 4. The van der Waals surface area contributed by atoms with Crippen LogP contribution in [0.1, 0.15) is 56.1 Å². The normalized spacial score (nSPS) is 27.8. The maximum Gasteiger partial charge on any atom is 0.125 e. The highest BCUT2D eigenvalue weighted by atomic mass is 16.5. The molecule has 1 aliphatic heterocycles. The van der Waals surface area contributed by atoms with Crippen molar-refractivity contribution in [3.8, 4) is 5.75 Å². The fourth-order valence-corrected chi connectivity index (χ4v) is 4.98. The molecule has 2 aliphatic rings. The molecule has 4 atom stereocenters. The molecule has 1 saturated carbocycles. The minimum absolute atomic E-state index is 0.117. The van der Waals surface area contributed by atoms with Gasteiger partial charge in [-0.1, -0.05) is 32.9 Å². The van der Waals surface area contributed by atoms with Gasteiger partial charge in [0.2, 0.25) is 0 Å². The number of benzene rings is 1. The molecule has 0 bridgehead atoms. The summed E-state index contributed by atoms with van der Waals surface area (Å²) < 4.78 is 6.24. The van der Waals surface area contributed by atoms with Crippen LogP contribution in [-0.4, -0.2) is 45.5 Å². The van der Waals surface area contributed by atoms with E-state index in [4.69, 9.17) is 4.74 Å². The van der Waals surface area contributed by atoms with Crippen LogP contribution in [0.2, 0.25) is 0 Å². The quantitative estimate of drug-likeness (QED) is 0.819. The Bertz CT molecular complexity index is 817. The number of aliphatic hydroxyl groups is 1. The summed E-state index contributed by atoms with van der Waals surface area (Å²) in [5, 5.41) is 18.2. The molecule has 29 heavy (non-hydrogen) atoms. The lowest BCUT2D eigenvalue weighted by molar-refractivity contribution is -0.0231. The van der Waals surface area contributed by atoms with Gasteiger partial charge in [0.15, 0.2) is 0 Å². The first-order valence-corrected chi connectivity index (χ1v) is 10.9. The minimum Gasteiger partial charge on any atom is -0.488 e. The summed E-state index contributed by atoms with van der Waals surface area (Å²) in [6, 6.07) is 8.37. The molecule has 0 amide bonds. The molecule has 1 aromatic carbocycles. The minimum atomic E-state index is -0.393.